The number of halogens is 1. The van der Waals surface area contributed by atoms with E-state index in [1.165, 1.54) is 0 Å². The van der Waals surface area contributed by atoms with Crippen molar-refractivity contribution < 1.29 is 5.11 Å². The van der Waals surface area contributed by atoms with Crippen molar-refractivity contribution in [2.75, 3.05) is 18.5 Å². The lowest BCUT2D eigenvalue weighted by molar-refractivity contribution is 0.0464. The van der Waals surface area contributed by atoms with Crippen LogP contribution in [0.25, 0.3) is 0 Å². The molecule has 0 spiro atoms. The fourth-order valence-corrected chi connectivity index (χ4v) is 2.25. The molecule has 0 aliphatic heterocycles. The number of nitrogens with zero attached hydrogens (tertiary/aromatic N) is 3. The number of aromatic nitrogens is 2. The monoisotopic (exact) mass is 241 g/mol. The van der Waals surface area contributed by atoms with Crippen molar-refractivity contribution in [2.45, 2.75) is 25.9 Å². The topological polar surface area (TPSA) is 49.2 Å². The molecule has 16 heavy (non-hydrogen) atoms. The van der Waals surface area contributed by atoms with E-state index in [2.05, 4.69) is 14.9 Å². The van der Waals surface area contributed by atoms with Gasteiger partial charge in [-0.25, -0.2) is 9.97 Å². The van der Waals surface area contributed by atoms with Gasteiger partial charge in [0.2, 0.25) is 5.28 Å². The Kier molecular flexibility index (Phi) is 3.30. The second-order valence-electron chi connectivity index (χ2n) is 4.52. The number of aliphatic hydroxyl groups excluding tert-OH is 1. The van der Waals surface area contributed by atoms with E-state index >= 15 is 0 Å². The highest BCUT2D eigenvalue weighted by atomic mass is 35.5. The molecule has 0 saturated heterocycles. The Bertz CT molecular complexity index is 379. The van der Waals surface area contributed by atoms with Gasteiger partial charge in [0.05, 0.1) is 6.10 Å². The van der Waals surface area contributed by atoms with Crippen LogP contribution in [0.15, 0.2) is 6.20 Å². The largest absolute Gasteiger partial charge is 0.393 e. The van der Waals surface area contributed by atoms with Crippen molar-refractivity contribution in [2.24, 2.45) is 5.92 Å². The fourth-order valence-electron chi connectivity index (χ4n) is 2.12. The van der Waals surface area contributed by atoms with Gasteiger partial charge in [-0.2, -0.15) is 0 Å². The summed E-state index contributed by atoms with van der Waals surface area (Å²) in [7, 11) is 2.00. The lowest BCUT2D eigenvalue weighted by Crippen LogP contribution is -2.37. The van der Waals surface area contributed by atoms with Crippen molar-refractivity contribution in [3.8, 4) is 0 Å². The highest BCUT2D eigenvalue weighted by molar-refractivity contribution is 6.28. The molecule has 1 aromatic rings. The number of rotatable bonds is 3. The smallest absolute Gasteiger partial charge is 0.224 e. The van der Waals surface area contributed by atoms with Crippen LogP contribution in [0.5, 0.6) is 0 Å². The van der Waals surface area contributed by atoms with Gasteiger partial charge in [0.15, 0.2) is 0 Å². The van der Waals surface area contributed by atoms with Crippen LogP contribution < -0.4 is 4.90 Å². The number of aliphatic hydroxyl groups is 1. The van der Waals surface area contributed by atoms with Gasteiger partial charge in [-0.1, -0.05) is 0 Å². The molecule has 1 heterocycles. The fraction of sp³-hybridized carbons (Fsp3) is 0.636. The van der Waals surface area contributed by atoms with Crippen molar-refractivity contribution in [3.05, 3.63) is 17.0 Å². The molecule has 1 N–H and O–H groups in total. The van der Waals surface area contributed by atoms with E-state index in [1.54, 1.807) is 6.20 Å². The van der Waals surface area contributed by atoms with Crippen LogP contribution in [0.2, 0.25) is 5.28 Å². The maximum absolute atomic E-state index is 9.24. The Morgan fingerprint density at radius 2 is 2.25 bits per heavy atom. The average molecular weight is 242 g/mol. The third-order valence-electron chi connectivity index (χ3n) is 3.02. The number of anilines is 1. The molecule has 0 bridgehead atoms. The Morgan fingerprint density at radius 3 is 2.88 bits per heavy atom. The quantitative estimate of drug-likeness (QED) is 0.818. The first-order valence-corrected chi connectivity index (χ1v) is 5.82. The van der Waals surface area contributed by atoms with E-state index in [1.807, 2.05) is 14.0 Å². The highest BCUT2D eigenvalue weighted by Crippen LogP contribution is 2.29. The molecule has 0 amide bonds. The van der Waals surface area contributed by atoms with E-state index < -0.39 is 0 Å². The third kappa shape index (κ3) is 2.44. The molecule has 0 unspecified atom stereocenters. The molecular weight excluding hydrogens is 226 g/mol. The average Bonchev–Trinajstić information content (AvgIpc) is 2.19. The first-order chi connectivity index (χ1) is 7.56. The lowest BCUT2D eigenvalue weighted by atomic mass is 9.82. The summed E-state index contributed by atoms with van der Waals surface area (Å²) in [6.07, 6.45) is 3.41. The van der Waals surface area contributed by atoms with Gasteiger partial charge in [0.1, 0.15) is 5.82 Å². The summed E-state index contributed by atoms with van der Waals surface area (Å²) < 4.78 is 0. The minimum atomic E-state index is -0.103. The molecule has 4 nitrogen and oxygen atoms in total. The maximum atomic E-state index is 9.24. The zero-order valence-corrected chi connectivity index (χ0v) is 10.3. The van der Waals surface area contributed by atoms with Gasteiger partial charge in [0.25, 0.3) is 0 Å². The molecular formula is C11H16ClN3O. The summed E-state index contributed by atoms with van der Waals surface area (Å²) in [6, 6.07) is 0. The SMILES string of the molecule is Cc1cnc(Cl)nc1N(C)CC1CC(O)C1. The Balaban J connectivity index is 2.02. The summed E-state index contributed by atoms with van der Waals surface area (Å²) in [5.41, 5.74) is 1.02. The van der Waals surface area contributed by atoms with Crippen molar-refractivity contribution in [3.63, 3.8) is 0 Å². The molecule has 88 valence electrons. The van der Waals surface area contributed by atoms with E-state index in [0.717, 1.165) is 30.8 Å². The normalized spacial score (nSPS) is 24.0. The molecule has 2 rings (SSSR count). The van der Waals surface area contributed by atoms with E-state index in [9.17, 15) is 5.11 Å². The number of hydrogen-bond acceptors (Lipinski definition) is 4. The zero-order valence-electron chi connectivity index (χ0n) is 9.52. The van der Waals surface area contributed by atoms with Gasteiger partial charge in [-0.15, -0.1) is 0 Å². The second-order valence-corrected chi connectivity index (χ2v) is 4.86. The van der Waals surface area contributed by atoms with Crippen LogP contribution in [0.4, 0.5) is 5.82 Å². The molecule has 0 atom stereocenters. The lowest BCUT2D eigenvalue weighted by Gasteiger charge is -2.35. The molecule has 1 aliphatic rings. The van der Waals surface area contributed by atoms with Gasteiger partial charge in [0, 0.05) is 25.4 Å². The highest BCUT2D eigenvalue weighted by Gasteiger charge is 2.28. The Hall–Kier alpha value is -0.870. The van der Waals surface area contributed by atoms with Crippen molar-refractivity contribution in [1.82, 2.24) is 9.97 Å². The van der Waals surface area contributed by atoms with Crippen molar-refractivity contribution in [1.29, 1.82) is 0 Å². The van der Waals surface area contributed by atoms with Crippen LogP contribution in [0, 0.1) is 12.8 Å². The molecule has 1 fully saturated rings. The van der Waals surface area contributed by atoms with E-state index in [-0.39, 0.29) is 11.4 Å². The molecule has 0 aromatic carbocycles. The minimum absolute atomic E-state index is 0.103. The Morgan fingerprint density at radius 1 is 1.56 bits per heavy atom. The second kappa shape index (κ2) is 4.55. The summed E-state index contributed by atoms with van der Waals surface area (Å²) in [5.74, 6) is 1.44. The maximum Gasteiger partial charge on any atom is 0.224 e. The molecule has 1 aromatic heterocycles. The van der Waals surface area contributed by atoms with Gasteiger partial charge in [-0.05, 0) is 37.3 Å². The summed E-state index contributed by atoms with van der Waals surface area (Å²) in [4.78, 5) is 10.2. The van der Waals surface area contributed by atoms with Crippen molar-refractivity contribution >= 4 is 17.4 Å². The van der Waals surface area contributed by atoms with E-state index in [4.69, 9.17) is 11.6 Å². The van der Waals surface area contributed by atoms with Gasteiger partial charge >= 0.3 is 0 Å². The third-order valence-corrected chi connectivity index (χ3v) is 3.20. The van der Waals surface area contributed by atoms with Crippen LogP contribution in [-0.2, 0) is 0 Å². The predicted molar refractivity (Wildman–Crippen MR) is 63.8 cm³/mol. The first-order valence-electron chi connectivity index (χ1n) is 5.44. The number of aryl methyl sites for hydroxylation is 1. The van der Waals surface area contributed by atoms with E-state index in [0.29, 0.717) is 5.92 Å². The van der Waals surface area contributed by atoms with Gasteiger partial charge in [-0.3, -0.25) is 0 Å². The zero-order chi connectivity index (χ0) is 11.7. The van der Waals surface area contributed by atoms with Crippen LogP contribution >= 0.6 is 11.6 Å². The Labute approximate surface area is 100 Å². The van der Waals surface area contributed by atoms with Crippen LogP contribution in [-0.4, -0.2) is 34.8 Å². The predicted octanol–water partition coefficient (Wildman–Crippen LogP) is 1.65. The first kappa shape index (κ1) is 11.6. The summed E-state index contributed by atoms with van der Waals surface area (Å²) in [6.45, 7) is 2.88. The van der Waals surface area contributed by atoms with Gasteiger partial charge < -0.3 is 10.0 Å². The summed E-state index contributed by atoms with van der Waals surface area (Å²) in [5, 5.41) is 9.51. The van der Waals surface area contributed by atoms with Crippen LogP contribution in [0.3, 0.4) is 0 Å². The molecule has 0 radical (unpaired) electrons. The van der Waals surface area contributed by atoms with Crippen LogP contribution in [0.1, 0.15) is 18.4 Å². The summed E-state index contributed by atoms with van der Waals surface area (Å²) >= 11 is 5.78. The molecule has 1 aliphatic carbocycles. The molecule has 5 heteroatoms. The number of hydrogen-bond donors (Lipinski definition) is 1. The molecule has 1 saturated carbocycles. The minimum Gasteiger partial charge on any atom is -0.393 e. The standard InChI is InChI=1S/C11H16ClN3O/c1-7-5-13-11(12)14-10(7)15(2)6-8-3-9(16)4-8/h5,8-9,16H,3-4,6H2,1-2H3.